The van der Waals surface area contributed by atoms with Gasteiger partial charge in [-0.25, -0.2) is 8.78 Å². The van der Waals surface area contributed by atoms with Crippen LogP contribution in [0.1, 0.15) is 33.7 Å². The van der Waals surface area contributed by atoms with Crippen LogP contribution in [0.5, 0.6) is 0 Å². The molecule has 8 heteroatoms. The summed E-state index contributed by atoms with van der Waals surface area (Å²) in [5.41, 5.74) is 3.21. The second-order valence-electron chi connectivity index (χ2n) is 7.75. The highest BCUT2D eigenvalue weighted by Gasteiger charge is 2.31. The third kappa shape index (κ3) is 4.59. The number of carbonyl (C=O) groups is 1. The molecular weight excluding hydrogens is 406 g/mol. The molecule has 2 heterocycles. The Morgan fingerprint density at radius 2 is 2.00 bits per heavy atom. The van der Waals surface area contributed by atoms with E-state index in [0.717, 1.165) is 54.8 Å². The quantitative estimate of drug-likeness (QED) is 0.713. The topological polar surface area (TPSA) is 50.2 Å². The average Bonchev–Trinajstić information content (AvgIpc) is 3.10. The molecule has 0 spiro atoms. The van der Waals surface area contributed by atoms with Crippen molar-refractivity contribution in [2.75, 3.05) is 24.6 Å². The number of hydrogen-bond donors (Lipinski definition) is 1. The largest absolute Gasteiger partial charge is 0.336 e. The molecule has 1 aliphatic carbocycles. The van der Waals surface area contributed by atoms with E-state index >= 15 is 0 Å². The van der Waals surface area contributed by atoms with Crippen molar-refractivity contribution in [3.05, 3.63) is 65.0 Å². The normalized spacial score (nSPS) is 18.9. The van der Waals surface area contributed by atoms with Crippen LogP contribution in [0.2, 0.25) is 0 Å². The first-order valence-electron chi connectivity index (χ1n) is 10.3. The van der Waals surface area contributed by atoms with Crippen LogP contribution in [-0.4, -0.2) is 51.2 Å². The second kappa shape index (κ2) is 9.31. The monoisotopic (exact) mass is 432 g/mol. The SMILES string of the molecule is C=CCn1nc(C(=O)N2CCSCC2)c2c1CCC(NCc1cc(F)cc(F)c1)C2. The molecule has 1 amide bonds. The highest BCUT2D eigenvalue weighted by Crippen LogP contribution is 2.27. The number of aromatic nitrogens is 2. The van der Waals surface area contributed by atoms with E-state index in [1.165, 1.54) is 12.1 Å². The lowest BCUT2D eigenvalue weighted by atomic mass is 9.91. The number of halogens is 2. The number of allylic oxidation sites excluding steroid dienone is 1. The fourth-order valence-electron chi connectivity index (χ4n) is 4.20. The van der Waals surface area contributed by atoms with E-state index in [9.17, 15) is 13.6 Å². The van der Waals surface area contributed by atoms with Gasteiger partial charge in [-0.1, -0.05) is 6.08 Å². The van der Waals surface area contributed by atoms with Gasteiger partial charge in [0.05, 0.1) is 6.54 Å². The molecule has 1 fully saturated rings. The summed E-state index contributed by atoms with van der Waals surface area (Å²) < 4.78 is 28.8. The molecule has 4 rings (SSSR count). The summed E-state index contributed by atoms with van der Waals surface area (Å²) in [5, 5.41) is 8.05. The van der Waals surface area contributed by atoms with Crippen LogP contribution in [0.4, 0.5) is 8.78 Å². The fraction of sp³-hybridized carbons (Fsp3) is 0.455. The van der Waals surface area contributed by atoms with E-state index in [4.69, 9.17) is 0 Å². The van der Waals surface area contributed by atoms with Gasteiger partial charge in [-0.2, -0.15) is 16.9 Å². The number of nitrogens with zero attached hydrogens (tertiary/aromatic N) is 3. The van der Waals surface area contributed by atoms with Gasteiger partial charge in [0.1, 0.15) is 11.6 Å². The minimum atomic E-state index is -0.573. The van der Waals surface area contributed by atoms with E-state index < -0.39 is 11.6 Å². The first-order chi connectivity index (χ1) is 14.5. The van der Waals surface area contributed by atoms with Gasteiger partial charge in [-0.3, -0.25) is 9.48 Å². The third-order valence-corrected chi connectivity index (χ3v) is 6.61. The van der Waals surface area contributed by atoms with Crippen LogP contribution < -0.4 is 5.32 Å². The summed E-state index contributed by atoms with van der Waals surface area (Å²) in [7, 11) is 0. The number of amides is 1. The molecule has 2 aliphatic rings. The minimum Gasteiger partial charge on any atom is -0.336 e. The lowest BCUT2D eigenvalue weighted by Gasteiger charge is -2.27. The summed E-state index contributed by atoms with van der Waals surface area (Å²) in [5.74, 6) is 0.764. The summed E-state index contributed by atoms with van der Waals surface area (Å²) in [6, 6.07) is 3.68. The molecule has 1 saturated heterocycles. The molecular formula is C22H26F2N4OS. The first kappa shape index (κ1) is 21.1. The van der Waals surface area contributed by atoms with E-state index in [2.05, 4.69) is 17.0 Å². The van der Waals surface area contributed by atoms with E-state index in [-0.39, 0.29) is 11.9 Å². The van der Waals surface area contributed by atoms with Gasteiger partial charge >= 0.3 is 0 Å². The van der Waals surface area contributed by atoms with Crippen molar-refractivity contribution in [3.8, 4) is 0 Å². The van der Waals surface area contributed by atoms with Gasteiger partial charge in [0.25, 0.3) is 5.91 Å². The van der Waals surface area contributed by atoms with Gasteiger partial charge in [-0.05, 0) is 37.0 Å². The average molecular weight is 433 g/mol. The number of rotatable bonds is 6. The molecule has 1 aromatic carbocycles. The van der Waals surface area contributed by atoms with Crippen LogP contribution in [0.15, 0.2) is 30.9 Å². The number of nitrogens with one attached hydrogen (secondary N) is 1. The Morgan fingerprint density at radius 3 is 2.70 bits per heavy atom. The lowest BCUT2D eigenvalue weighted by Crippen LogP contribution is -2.39. The Balaban J connectivity index is 1.52. The Labute approximate surface area is 179 Å². The van der Waals surface area contributed by atoms with Crippen molar-refractivity contribution in [1.82, 2.24) is 20.0 Å². The van der Waals surface area contributed by atoms with E-state index in [1.54, 1.807) is 6.08 Å². The lowest BCUT2D eigenvalue weighted by molar-refractivity contribution is 0.0764. The van der Waals surface area contributed by atoms with E-state index in [0.29, 0.717) is 30.8 Å². The number of benzene rings is 1. The van der Waals surface area contributed by atoms with Gasteiger partial charge in [-0.15, -0.1) is 6.58 Å². The van der Waals surface area contributed by atoms with Gasteiger partial charge < -0.3 is 10.2 Å². The maximum Gasteiger partial charge on any atom is 0.274 e. The number of fused-ring (bicyclic) bond motifs is 1. The number of carbonyl (C=O) groups excluding carboxylic acids is 1. The smallest absolute Gasteiger partial charge is 0.274 e. The van der Waals surface area contributed by atoms with Crippen LogP contribution in [-0.2, 0) is 25.9 Å². The van der Waals surface area contributed by atoms with Crippen molar-refractivity contribution >= 4 is 17.7 Å². The zero-order valence-electron chi connectivity index (χ0n) is 16.9. The van der Waals surface area contributed by atoms with Crippen molar-refractivity contribution in [2.45, 2.75) is 38.4 Å². The molecule has 0 radical (unpaired) electrons. The Kier molecular flexibility index (Phi) is 6.53. The van der Waals surface area contributed by atoms with Gasteiger partial charge in [0.2, 0.25) is 0 Å². The number of thioether (sulfide) groups is 1. The number of hydrogen-bond acceptors (Lipinski definition) is 4. The standard InChI is InChI=1S/C22H26F2N4OS/c1-2-5-28-20-4-3-18(25-14-15-10-16(23)12-17(24)11-15)13-19(20)21(26-28)22(29)27-6-8-30-9-7-27/h2,10-12,18,25H,1,3-9,13-14H2. The summed E-state index contributed by atoms with van der Waals surface area (Å²) in [4.78, 5) is 15.1. The Bertz CT molecular complexity index is 919. The highest BCUT2D eigenvalue weighted by molar-refractivity contribution is 7.99. The Morgan fingerprint density at radius 1 is 1.27 bits per heavy atom. The zero-order valence-corrected chi connectivity index (χ0v) is 17.7. The molecule has 5 nitrogen and oxygen atoms in total. The predicted octanol–water partition coefficient (Wildman–Crippen LogP) is 3.18. The predicted molar refractivity (Wildman–Crippen MR) is 115 cm³/mol. The highest BCUT2D eigenvalue weighted by atomic mass is 32.2. The molecule has 0 bridgehead atoms. The van der Waals surface area contributed by atoms with Crippen LogP contribution in [0.3, 0.4) is 0 Å². The molecule has 0 saturated carbocycles. The maximum atomic E-state index is 13.5. The van der Waals surface area contributed by atoms with Gasteiger partial charge in [0, 0.05) is 54.5 Å². The summed E-state index contributed by atoms with van der Waals surface area (Å²) in [6.45, 7) is 6.26. The minimum absolute atomic E-state index is 0.00205. The van der Waals surface area contributed by atoms with Crippen molar-refractivity contribution in [3.63, 3.8) is 0 Å². The van der Waals surface area contributed by atoms with Crippen LogP contribution in [0.25, 0.3) is 0 Å². The van der Waals surface area contributed by atoms with Crippen molar-refractivity contribution < 1.29 is 13.6 Å². The molecule has 1 aliphatic heterocycles. The van der Waals surface area contributed by atoms with E-state index in [1.807, 2.05) is 21.3 Å². The van der Waals surface area contributed by atoms with Gasteiger partial charge in [0.15, 0.2) is 5.69 Å². The molecule has 30 heavy (non-hydrogen) atoms. The fourth-order valence-corrected chi connectivity index (χ4v) is 5.10. The van der Waals surface area contributed by atoms with Crippen LogP contribution >= 0.6 is 11.8 Å². The van der Waals surface area contributed by atoms with Crippen LogP contribution in [0, 0.1) is 11.6 Å². The van der Waals surface area contributed by atoms with Crippen molar-refractivity contribution in [1.29, 1.82) is 0 Å². The maximum absolute atomic E-state index is 13.5. The molecule has 1 atom stereocenters. The second-order valence-corrected chi connectivity index (χ2v) is 8.97. The zero-order chi connectivity index (χ0) is 21.1. The summed E-state index contributed by atoms with van der Waals surface area (Å²) in [6.07, 6.45) is 4.14. The molecule has 160 valence electrons. The molecule has 1 aromatic heterocycles. The molecule has 2 aromatic rings. The first-order valence-corrected chi connectivity index (χ1v) is 11.5. The molecule has 1 unspecified atom stereocenters. The third-order valence-electron chi connectivity index (χ3n) is 5.67. The van der Waals surface area contributed by atoms with Crippen molar-refractivity contribution in [2.24, 2.45) is 0 Å². The Hall–Kier alpha value is -2.19. The molecule has 1 N–H and O–H groups in total. The summed E-state index contributed by atoms with van der Waals surface area (Å²) >= 11 is 1.86.